The Labute approximate surface area is 168 Å². The van der Waals surface area contributed by atoms with Crippen LogP contribution in [0, 0.1) is 6.92 Å². The van der Waals surface area contributed by atoms with Gasteiger partial charge in [-0.15, -0.1) is 10.2 Å². The molecule has 0 aliphatic heterocycles. The van der Waals surface area contributed by atoms with Crippen molar-refractivity contribution in [1.29, 1.82) is 0 Å². The number of hydrogen-bond donors (Lipinski definition) is 2. The summed E-state index contributed by atoms with van der Waals surface area (Å²) in [6.07, 6.45) is 0. The molecule has 134 valence electrons. The lowest BCUT2D eigenvalue weighted by Gasteiger charge is -2.07. The summed E-state index contributed by atoms with van der Waals surface area (Å²) in [4.78, 5) is 12.1. The molecule has 1 aromatic heterocycles. The molecule has 0 saturated carbocycles. The zero-order valence-electron chi connectivity index (χ0n) is 13.7. The first-order chi connectivity index (χ1) is 12.5. The fourth-order valence-corrected chi connectivity index (χ4v) is 3.50. The second-order valence-electron chi connectivity index (χ2n) is 5.46. The largest absolute Gasteiger partial charge is 0.335 e. The zero-order chi connectivity index (χ0) is 18.7. The number of amides is 1. The molecule has 0 aliphatic carbocycles. The van der Waals surface area contributed by atoms with Gasteiger partial charge in [0.1, 0.15) is 0 Å². The van der Waals surface area contributed by atoms with E-state index in [4.69, 9.17) is 17.4 Å². The Hall–Kier alpha value is -2.03. The van der Waals surface area contributed by atoms with Crippen LogP contribution in [0.25, 0.3) is 11.4 Å². The molecule has 3 rings (SSSR count). The molecule has 0 saturated heterocycles. The predicted molar refractivity (Wildman–Crippen MR) is 109 cm³/mol. The molecule has 3 N–H and O–H groups in total. The van der Waals surface area contributed by atoms with E-state index in [1.807, 2.05) is 37.3 Å². The van der Waals surface area contributed by atoms with E-state index in [-0.39, 0.29) is 11.7 Å². The lowest BCUT2D eigenvalue weighted by Crippen LogP contribution is -2.16. The van der Waals surface area contributed by atoms with Crippen molar-refractivity contribution in [1.82, 2.24) is 14.9 Å². The highest BCUT2D eigenvalue weighted by atomic mass is 79.9. The van der Waals surface area contributed by atoms with Crippen LogP contribution in [-0.2, 0) is 4.79 Å². The standard InChI is InChI=1S/C17H15BrClN5OS/c1-10-6-7-11(8-14(10)19)21-15(25)9-26-17-23-22-16(24(17)20)12-4-2-3-5-13(12)18/h2-8H,9,20H2,1H3,(H,21,25). The quantitative estimate of drug-likeness (QED) is 0.449. The molecule has 1 heterocycles. The van der Waals surface area contributed by atoms with E-state index in [1.165, 1.54) is 16.4 Å². The van der Waals surface area contributed by atoms with Crippen molar-refractivity contribution >= 4 is 50.9 Å². The van der Waals surface area contributed by atoms with Gasteiger partial charge in [0.25, 0.3) is 0 Å². The maximum Gasteiger partial charge on any atom is 0.234 e. The number of rotatable bonds is 5. The summed E-state index contributed by atoms with van der Waals surface area (Å²) >= 11 is 10.7. The Kier molecular flexibility index (Phi) is 5.85. The predicted octanol–water partition coefficient (Wildman–Crippen LogP) is 4.11. The van der Waals surface area contributed by atoms with Crippen molar-refractivity contribution in [2.24, 2.45) is 0 Å². The monoisotopic (exact) mass is 451 g/mol. The van der Waals surface area contributed by atoms with E-state index in [0.717, 1.165) is 15.6 Å². The maximum absolute atomic E-state index is 12.1. The molecule has 0 bridgehead atoms. The lowest BCUT2D eigenvalue weighted by molar-refractivity contribution is -0.113. The van der Waals surface area contributed by atoms with Gasteiger partial charge in [0.15, 0.2) is 5.82 Å². The topological polar surface area (TPSA) is 85.8 Å². The smallest absolute Gasteiger partial charge is 0.234 e. The third-order valence-electron chi connectivity index (χ3n) is 3.57. The van der Waals surface area contributed by atoms with E-state index in [0.29, 0.717) is 21.7 Å². The highest BCUT2D eigenvalue weighted by molar-refractivity contribution is 9.10. The van der Waals surface area contributed by atoms with Crippen molar-refractivity contribution in [3.05, 3.63) is 57.5 Å². The van der Waals surface area contributed by atoms with Gasteiger partial charge in [-0.05, 0) is 36.8 Å². The SMILES string of the molecule is Cc1ccc(NC(=O)CSc2nnc(-c3ccccc3Br)n2N)cc1Cl. The van der Waals surface area contributed by atoms with Crippen molar-refractivity contribution < 1.29 is 4.79 Å². The molecule has 0 aliphatic rings. The van der Waals surface area contributed by atoms with Gasteiger partial charge >= 0.3 is 0 Å². The van der Waals surface area contributed by atoms with Crippen LogP contribution in [-0.4, -0.2) is 26.5 Å². The van der Waals surface area contributed by atoms with Gasteiger partial charge in [-0.25, -0.2) is 4.68 Å². The second-order valence-corrected chi connectivity index (χ2v) is 7.66. The molecule has 0 fully saturated rings. The lowest BCUT2D eigenvalue weighted by atomic mass is 10.2. The van der Waals surface area contributed by atoms with Crippen molar-refractivity contribution in [2.75, 3.05) is 16.9 Å². The van der Waals surface area contributed by atoms with E-state index in [9.17, 15) is 4.79 Å². The molecular weight excluding hydrogens is 438 g/mol. The zero-order valence-corrected chi connectivity index (χ0v) is 16.9. The number of carbonyl (C=O) groups is 1. The number of hydrogen-bond acceptors (Lipinski definition) is 5. The summed E-state index contributed by atoms with van der Waals surface area (Å²) in [5, 5.41) is 12.0. The third kappa shape index (κ3) is 4.20. The van der Waals surface area contributed by atoms with Gasteiger partial charge in [0.2, 0.25) is 11.1 Å². The van der Waals surface area contributed by atoms with Gasteiger partial charge in [-0.2, -0.15) is 0 Å². The fraction of sp³-hybridized carbons (Fsp3) is 0.118. The number of nitrogen functional groups attached to an aromatic ring is 1. The number of nitrogens with one attached hydrogen (secondary N) is 1. The number of benzene rings is 2. The highest BCUT2D eigenvalue weighted by Gasteiger charge is 2.15. The summed E-state index contributed by atoms with van der Waals surface area (Å²) in [7, 11) is 0. The Bertz CT molecular complexity index is 962. The number of thioether (sulfide) groups is 1. The Morgan fingerprint density at radius 2 is 2.08 bits per heavy atom. The number of nitrogens with two attached hydrogens (primary N) is 1. The Morgan fingerprint density at radius 1 is 1.31 bits per heavy atom. The molecule has 3 aromatic rings. The van der Waals surface area contributed by atoms with E-state index < -0.39 is 0 Å². The number of nitrogens with zero attached hydrogens (tertiary/aromatic N) is 3. The van der Waals surface area contributed by atoms with E-state index >= 15 is 0 Å². The molecular formula is C17H15BrClN5OS. The van der Waals surface area contributed by atoms with Gasteiger partial charge in [-0.3, -0.25) is 4.79 Å². The Morgan fingerprint density at radius 3 is 2.81 bits per heavy atom. The molecule has 9 heteroatoms. The summed E-state index contributed by atoms with van der Waals surface area (Å²) < 4.78 is 2.24. The van der Waals surface area contributed by atoms with Crippen LogP contribution < -0.4 is 11.2 Å². The average molecular weight is 453 g/mol. The second kappa shape index (κ2) is 8.11. The number of carbonyl (C=O) groups excluding carboxylic acids is 1. The molecule has 0 atom stereocenters. The normalized spacial score (nSPS) is 10.7. The molecule has 1 amide bonds. The first kappa shape index (κ1) is 18.8. The number of aryl methyl sites for hydroxylation is 1. The van der Waals surface area contributed by atoms with Crippen LogP contribution >= 0.6 is 39.3 Å². The number of aromatic nitrogens is 3. The van der Waals surface area contributed by atoms with E-state index in [1.54, 1.807) is 12.1 Å². The van der Waals surface area contributed by atoms with Crippen molar-refractivity contribution in [3.8, 4) is 11.4 Å². The minimum Gasteiger partial charge on any atom is -0.335 e. The fourth-order valence-electron chi connectivity index (χ4n) is 2.20. The average Bonchev–Trinajstić information content (AvgIpc) is 2.97. The molecule has 26 heavy (non-hydrogen) atoms. The highest BCUT2D eigenvalue weighted by Crippen LogP contribution is 2.28. The third-order valence-corrected chi connectivity index (χ3v) is 5.61. The van der Waals surface area contributed by atoms with Crippen LogP contribution in [0.1, 0.15) is 5.56 Å². The minimum atomic E-state index is -0.180. The summed E-state index contributed by atoms with van der Waals surface area (Å²) in [5.41, 5.74) is 2.43. The van der Waals surface area contributed by atoms with Crippen molar-refractivity contribution in [3.63, 3.8) is 0 Å². The van der Waals surface area contributed by atoms with Gasteiger partial charge < -0.3 is 11.2 Å². The van der Waals surface area contributed by atoms with Gasteiger partial charge in [0, 0.05) is 20.7 Å². The van der Waals surface area contributed by atoms with Crippen LogP contribution in [0.5, 0.6) is 0 Å². The van der Waals surface area contributed by atoms with Crippen LogP contribution in [0.3, 0.4) is 0 Å². The minimum absolute atomic E-state index is 0.150. The summed E-state index contributed by atoms with van der Waals surface area (Å²) in [6.45, 7) is 1.90. The van der Waals surface area contributed by atoms with Crippen LogP contribution in [0.4, 0.5) is 5.69 Å². The number of anilines is 1. The molecule has 0 unspecified atom stereocenters. The summed E-state index contributed by atoms with van der Waals surface area (Å²) in [6, 6.07) is 13.0. The van der Waals surface area contributed by atoms with Crippen molar-refractivity contribution in [2.45, 2.75) is 12.1 Å². The molecule has 0 radical (unpaired) electrons. The Balaban J connectivity index is 1.66. The molecule has 6 nitrogen and oxygen atoms in total. The maximum atomic E-state index is 12.1. The van der Waals surface area contributed by atoms with Crippen LogP contribution in [0.2, 0.25) is 5.02 Å². The van der Waals surface area contributed by atoms with E-state index in [2.05, 4.69) is 31.4 Å². The van der Waals surface area contributed by atoms with Gasteiger partial charge in [0.05, 0.1) is 5.75 Å². The molecule has 2 aromatic carbocycles. The first-order valence-electron chi connectivity index (χ1n) is 7.60. The number of halogens is 2. The van der Waals surface area contributed by atoms with Crippen LogP contribution in [0.15, 0.2) is 52.1 Å². The first-order valence-corrected chi connectivity index (χ1v) is 9.75. The van der Waals surface area contributed by atoms with Gasteiger partial charge in [-0.1, -0.05) is 57.5 Å². The summed E-state index contributed by atoms with van der Waals surface area (Å²) in [5.74, 6) is 6.57. The molecule has 0 spiro atoms.